The van der Waals surface area contributed by atoms with Crippen molar-refractivity contribution in [1.29, 1.82) is 10.5 Å². The lowest BCUT2D eigenvalue weighted by molar-refractivity contribution is 1.01. The second-order valence-electron chi connectivity index (χ2n) is 12.3. The van der Waals surface area contributed by atoms with E-state index in [-0.39, 0.29) is 0 Å². The summed E-state index contributed by atoms with van der Waals surface area (Å²) in [5, 5.41) is 25.9. The van der Waals surface area contributed by atoms with Gasteiger partial charge in [0.15, 0.2) is 0 Å². The number of hydrogen-bond acceptors (Lipinski definition) is 3. The first-order valence-electron chi connectivity index (χ1n) is 16.1. The molecular weight excluding hydrogens is 601 g/mol. The van der Waals surface area contributed by atoms with Crippen LogP contribution in [-0.4, -0.2) is 18.7 Å². The highest BCUT2D eigenvalue weighted by molar-refractivity contribution is 6.19. The Morgan fingerprint density at radius 3 is 1.47 bits per heavy atom. The van der Waals surface area contributed by atoms with Gasteiger partial charge in [-0.2, -0.15) is 10.5 Å². The molecule has 226 valence electrons. The predicted molar refractivity (Wildman–Crippen MR) is 197 cm³/mol. The molecule has 49 heavy (non-hydrogen) atoms. The van der Waals surface area contributed by atoms with Crippen LogP contribution in [0.2, 0.25) is 0 Å². The van der Waals surface area contributed by atoms with Crippen molar-refractivity contribution in [2.45, 2.75) is 0 Å². The summed E-state index contributed by atoms with van der Waals surface area (Å²) in [4.78, 5) is 5.34. The maximum atomic E-state index is 9.79. The zero-order chi connectivity index (χ0) is 32.6. The van der Waals surface area contributed by atoms with Gasteiger partial charge >= 0.3 is 0 Å². The third-order valence-corrected chi connectivity index (χ3v) is 9.68. The van der Waals surface area contributed by atoms with Crippen LogP contribution in [0, 0.1) is 22.7 Å². The zero-order valence-corrected chi connectivity index (χ0v) is 26.0. The van der Waals surface area contributed by atoms with E-state index in [2.05, 4.69) is 111 Å². The quantitative estimate of drug-likeness (QED) is 0.196. The van der Waals surface area contributed by atoms with Crippen LogP contribution in [0.15, 0.2) is 146 Å². The van der Waals surface area contributed by atoms with Crippen LogP contribution >= 0.6 is 0 Å². The molecule has 0 aliphatic carbocycles. The second-order valence-corrected chi connectivity index (χ2v) is 12.3. The van der Waals surface area contributed by atoms with Gasteiger partial charge in [-0.3, -0.25) is 9.13 Å². The van der Waals surface area contributed by atoms with E-state index in [1.165, 1.54) is 0 Å². The number of aromatic nitrogens is 4. The number of nitriles is 2. The molecule has 0 N–H and O–H groups in total. The van der Waals surface area contributed by atoms with Crippen molar-refractivity contribution in [3.8, 4) is 29.5 Å². The Labute approximate surface area is 280 Å². The Morgan fingerprint density at radius 1 is 0.367 bits per heavy atom. The molecule has 0 atom stereocenters. The van der Waals surface area contributed by atoms with Crippen LogP contribution in [0.5, 0.6) is 0 Å². The number of benzene rings is 6. The molecule has 0 saturated heterocycles. The molecule has 10 rings (SSSR count). The first-order chi connectivity index (χ1) is 24.2. The fraction of sp³-hybridized carbons (Fsp3) is 0. The minimum atomic E-state index is 0.630. The summed E-state index contributed by atoms with van der Waals surface area (Å²) in [5.74, 6) is 1.60. The SMILES string of the molecule is N#Cc1ccc2c(c1)c1cc3c4ccccc4n(-c4cccc(-n5c6ccccc6c6cc(C#N)ccc65)n4)c3cc1n2-c1ccccc1. The van der Waals surface area contributed by atoms with E-state index in [0.717, 1.165) is 82.7 Å². The van der Waals surface area contributed by atoms with Crippen LogP contribution < -0.4 is 0 Å². The van der Waals surface area contributed by atoms with E-state index in [4.69, 9.17) is 4.98 Å². The summed E-state index contributed by atoms with van der Waals surface area (Å²) < 4.78 is 6.72. The molecule has 0 aliphatic heterocycles. The van der Waals surface area contributed by atoms with E-state index < -0.39 is 0 Å². The Balaban J connectivity index is 1.29. The van der Waals surface area contributed by atoms with Gasteiger partial charge in [-0.15, -0.1) is 0 Å². The van der Waals surface area contributed by atoms with Crippen molar-refractivity contribution < 1.29 is 0 Å². The Morgan fingerprint density at radius 2 is 0.837 bits per heavy atom. The largest absolute Gasteiger partial charge is 0.309 e. The summed E-state index contributed by atoms with van der Waals surface area (Å²) in [6.07, 6.45) is 0. The standard InChI is InChI=1S/C43H24N6/c44-25-27-18-20-39-32(21-27)30-11-4-6-13-36(30)48(39)42-15-8-16-43(46-42)49-37-14-7-5-12-31(37)34-23-35-33-22-28(26-45)17-19-38(33)47(40(35)24-41(34)49)29-9-2-1-3-10-29/h1-24H. The number of rotatable bonds is 3. The van der Waals surface area contributed by atoms with E-state index >= 15 is 0 Å². The molecule has 0 amide bonds. The van der Waals surface area contributed by atoms with Crippen LogP contribution in [0.4, 0.5) is 0 Å². The molecule has 0 spiro atoms. The molecule has 6 nitrogen and oxygen atoms in total. The first kappa shape index (κ1) is 27.0. The van der Waals surface area contributed by atoms with Crippen LogP contribution in [0.3, 0.4) is 0 Å². The van der Waals surface area contributed by atoms with E-state index in [1.54, 1.807) is 0 Å². The lowest BCUT2D eigenvalue weighted by Gasteiger charge is -2.12. The number of nitrogens with zero attached hydrogens (tertiary/aromatic N) is 6. The highest BCUT2D eigenvalue weighted by Crippen LogP contribution is 2.40. The van der Waals surface area contributed by atoms with Gasteiger partial charge in [0.1, 0.15) is 11.6 Å². The minimum Gasteiger partial charge on any atom is -0.309 e. The maximum Gasteiger partial charge on any atom is 0.140 e. The molecule has 0 bridgehead atoms. The van der Waals surface area contributed by atoms with E-state index in [0.29, 0.717) is 11.1 Å². The molecule has 0 aliphatic rings. The average molecular weight is 625 g/mol. The summed E-state index contributed by atoms with van der Waals surface area (Å²) in [5.41, 5.74) is 8.56. The first-order valence-corrected chi connectivity index (χ1v) is 16.1. The fourth-order valence-corrected chi connectivity index (χ4v) is 7.60. The molecule has 0 fully saturated rings. The number of hydrogen-bond donors (Lipinski definition) is 0. The molecular formula is C43H24N6. The number of pyridine rings is 1. The topological polar surface area (TPSA) is 75.3 Å². The van der Waals surface area contributed by atoms with Crippen molar-refractivity contribution in [3.63, 3.8) is 0 Å². The van der Waals surface area contributed by atoms with E-state index in [9.17, 15) is 10.5 Å². The van der Waals surface area contributed by atoms with Gasteiger partial charge < -0.3 is 4.57 Å². The number of fused-ring (bicyclic) bond motifs is 9. The molecule has 10 aromatic rings. The van der Waals surface area contributed by atoms with Crippen LogP contribution in [0.25, 0.3) is 82.7 Å². The van der Waals surface area contributed by atoms with Gasteiger partial charge in [0.25, 0.3) is 0 Å². The lowest BCUT2D eigenvalue weighted by atomic mass is 10.1. The molecule has 6 aromatic carbocycles. The van der Waals surface area contributed by atoms with E-state index in [1.807, 2.05) is 60.7 Å². The van der Waals surface area contributed by atoms with Gasteiger partial charge in [-0.05, 0) is 84.9 Å². The Hall–Kier alpha value is -7.15. The van der Waals surface area contributed by atoms with Crippen molar-refractivity contribution in [3.05, 3.63) is 157 Å². The number of para-hydroxylation sites is 3. The Kier molecular flexibility index (Phi) is 5.61. The monoisotopic (exact) mass is 624 g/mol. The fourth-order valence-electron chi connectivity index (χ4n) is 7.60. The maximum absolute atomic E-state index is 9.79. The zero-order valence-electron chi connectivity index (χ0n) is 26.0. The van der Waals surface area contributed by atoms with Crippen molar-refractivity contribution >= 4 is 65.4 Å². The third-order valence-electron chi connectivity index (χ3n) is 9.68. The van der Waals surface area contributed by atoms with Crippen LogP contribution in [-0.2, 0) is 0 Å². The Bertz CT molecular complexity index is 3070. The molecule has 6 heteroatoms. The van der Waals surface area contributed by atoms with Crippen molar-refractivity contribution in [2.75, 3.05) is 0 Å². The summed E-state index contributed by atoms with van der Waals surface area (Å²) in [6.45, 7) is 0. The normalized spacial score (nSPS) is 11.6. The molecule has 0 saturated carbocycles. The smallest absolute Gasteiger partial charge is 0.140 e. The highest BCUT2D eigenvalue weighted by Gasteiger charge is 2.20. The van der Waals surface area contributed by atoms with Gasteiger partial charge in [0.05, 0.1) is 56.4 Å². The van der Waals surface area contributed by atoms with Crippen molar-refractivity contribution in [2.24, 2.45) is 0 Å². The summed E-state index contributed by atoms with van der Waals surface area (Å²) in [6, 6.07) is 54.2. The molecule has 0 unspecified atom stereocenters. The van der Waals surface area contributed by atoms with Gasteiger partial charge in [-0.1, -0.05) is 60.7 Å². The lowest BCUT2D eigenvalue weighted by Crippen LogP contribution is -2.03. The highest BCUT2D eigenvalue weighted by atomic mass is 15.1. The average Bonchev–Trinajstić information content (AvgIpc) is 3.78. The second kappa shape index (κ2) is 10.2. The predicted octanol–water partition coefficient (Wildman–Crippen LogP) is 10.1. The molecule has 0 radical (unpaired) electrons. The summed E-state index contributed by atoms with van der Waals surface area (Å²) in [7, 11) is 0. The van der Waals surface area contributed by atoms with Gasteiger partial charge in [0, 0.05) is 38.0 Å². The van der Waals surface area contributed by atoms with Crippen molar-refractivity contribution in [1.82, 2.24) is 18.7 Å². The third kappa shape index (κ3) is 3.83. The minimum absolute atomic E-state index is 0.630. The van der Waals surface area contributed by atoms with Gasteiger partial charge in [0.2, 0.25) is 0 Å². The molecule has 4 heterocycles. The molecule has 4 aromatic heterocycles. The summed E-state index contributed by atoms with van der Waals surface area (Å²) >= 11 is 0. The van der Waals surface area contributed by atoms with Gasteiger partial charge in [-0.25, -0.2) is 4.98 Å². The van der Waals surface area contributed by atoms with Crippen LogP contribution in [0.1, 0.15) is 11.1 Å².